The normalized spacial score (nSPS) is 20.5. The molecule has 0 spiro atoms. The molecule has 1 unspecified atom stereocenters. The van der Waals surface area contributed by atoms with Crippen LogP contribution in [-0.2, 0) is 17.5 Å². The lowest BCUT2D eigenvalue weighted by Gasteiger charge is -2.35. The number of Topliss-reactive ketones (excluding diaryl/α,β-unsaturated/α-hetero) is 1. The third-order valence-corrected chi connectivity index (χ3v) is 3.94. The lowest BCUT2D eigenvalue weighted by molar-refractivity contribution is -0.137. The fourth-order valence-corrected chi connectivity index (χ4v) is 2.86. The van der Waals surface area contributed by atoms with Gasteiger partial charge in [-0.3, -0.25) is 9.69 Å². The summed E-state index contributed by atoms with van der Waals surface area (Å²) in [5.41, 5.74) is 0.239. The van der Waals surface area contributed by atoms with Crippen molar-refractivity contribution in [3.63, 3.8) is 0 Å². The minimum absolute atomic E-state index is 0.166. The van der Waals surface area contributed by atoms with Crippen LogP contribution in [-0.4, -0.2) is 23.3 Å². The van der Waals surface area contributed by atoms with Crippen LogP contribution in [0, 0.1) is 0 Å². The Hall–Kier alpha value is -1.36. The van der Waals surface area contributed by atoms with E-state index in [1.54, 1.807) is 6.92 Å². The van der Waals surface area contributed by atoms with Crippen molar-refractivity contribution in [1.82, 2.24) is 4.90 Å². The fraction of sp³-hybridized carbons (Fsp3) is 0.562. The Morgan fingerprint density at radius 3 is 2.48 bits per heavy atom. The first kappa shape index (κ1) is 16.0. The molecule has 0 bridgehead atoms. The summed E-state index contributed by atoms with van der Waals surface area (Å²) in [6.45, 7) is 3.10. The monoisotopic (exact) mass is 299 g/mol. The van der Waals surface area contributed by atoms with Crippen LogP contribution in [0.2, 0.25) is 0 Å². The molecule has 0 radical (unpaired) electrons. The maximum absolute atomic E-state index is 12.5. The van der Waals surface area contributed by atoms with E-state index in [1.807, 2.05) is 0 Å². The molecule has 1 aliphatic rings. The van der Waals surface area contributed by atoms with Crippen molar-refractivity contribution < 1.29 is 18.0 Å². The number of likely N-dealkylation sites (tertiary alicyclic amines) is 1. The molecule has 21 heavy (non-hydrogen) atoms. The summed E-state index contributed by atoms with van der Waals surface area (Å²) < 4.78 is 37.6. The van der Waals surface area contributed by atoms with E-state index in [0.29, 0.717) is 13.0 Å². The highest BCUT2D eigenvalue weighted by Crippen LogP contribution is 2.29. The van der Waals surface area contributed by atoms with Gasteiger partial charge in [-0.25, -0.2) is 0 Å². The molecule has 1 heterocycles. The molecule has 1 aromatic carbocycles. The molecule has 2 nitrogen and oxygen atoms in total. The molecular formula is C16H20F3NO. The molecule has 0 saturated carbocycles. The van der Waals surface area contributed by atoms with Crippen LogP contribution in [0.4, 0.5) is 13.2 Å². The maximum atomic E-state index is 12.5. The van der Waals surface area contributed by atoms with Crippen molar-refractivity contribution in [2.24, 2.45) is 0 Å². The number of alkyl halides is 3. The zero-order valence-corrected chi connectivity index (χ0v) is 12.1. The van der Waals surface area contributed by atoms with Crippen molar-refractivity contribution in [2.75, 3.05) is 6.54 Å². The average Bonchev–Trinajstić information content (AvgIpc) is 2.40. The Kier molecular flexibility index (Phi) is 5.04. The SMILES string of the molecule is CC(=O)CC1CCCCN1Cc1ccc(C(F)(F)F)cc1. The summed E-state index contributed by atoms with van der Waals surface area (Å²) in [5, 5.41) is 0. The first-order valence-corrected chi connectivity index (χ1v) is 7.26. The summed E-state index contributed by atoms with van der Waals surface area (Å²) in [6, 6.07) is 5.53. The van der Waals surface area contributed by atoms with Gasteiger partial charge in [-0.15, -0.1) is 0 Å². The second-order valence-corrected chi connectivity index (χ2v) is 5.72. The third kappa shape index (κ3) is 4.56. The van der Waals surface area contributed by atoms with Gasteiger partial charge in [0.2, 0.25) is 0 Å². The van der Waals surface area contributed by atoms with E-state index in [9.17, 15) is 18.0 Å². The van der Waals surface area contributed by atoms with E-state index < -0.39 is 11.7 Å². The highest BCUT2D eigenvalue weighted by molar-refractivity contribution is 5.76. The van der Waals surface area contributed by atoms with E-state index in [4.69, 9.17) is 0 Å². The number of benzene rings is 1. The van der Waals surface area contributed by atoms with Gasteiger partial charge < -0.3 is 0 Å². The number of hydrogen-bond donors (Lipinski definition) is 0. The molecule has 1 saturated heterocycles. The molecule has 1 atom stereocenters. The number of ketones is 1. The Balaban J connectivity index is 2.03. The van der Waals surface area contributed by atoms with Gasteiger partial charge in [-0.05, 0) is 44.0 Å². The van der Waals surface area contributed by atoms with Crippen LogP contribution >= 0.6 is 0 Å². The first-order valence-electron chi connectivity index (χ1n) is 7.26. The Morgan fingerprint density at radius 2 is 1.90 bits per heavy atom. The molecule has 1 aliphatic heterocycles. The van der Waals surface area contributed by atoms with Crippen molar-refractivity contribution in [3.8, 4) is 0 Å². The van der Waals surface area contributed by atoms with Crippen molar-refractivity contribution >= 4 is 5.78 Å². The molecule has 116 valence electrons. The third-order valence-electron chi connectivity index (χ3n) is 3.94. The summed E-state index contributed by atoms with van der Waals surface area (Å²) in [5.74, 6) is 0.166. The lowest BCUT2D eigenvalue weighted by atomic mass is 9.97. The largest absolute Gasteiger partial charge is 0.416 e. The second-order valence-electron chi connectivity index (χ2n) is 5.72. The zero-order valence-electron chi connectivity index (χ0n) is 12.1. The average molecular weight is 299 g/mol. The highest BCUT2D eigenvalue weighted by atomic mass is 19.4. The Bertz CT molecular complexity index is 481. The van der Waals surface area contributed by atoms with Crippen LogP contribution < -0.4 is 0 Å². The van der Waals surface area contributed by atoms with Gasteiger partial charge >= 0.3 is 6.18 Å². The van der Waals surface area contributed by atoms with Gasteiger partial charge in [0.25, 0.3) is 0 Å². The van der Waals surface area contributed by atoms with Crippen molar-refractivity contribution in [3.05, 3.63) is 35.4 Å². The summed E-state index contributed by atoms with van der Waals surface area (Å²) in [7, 11) is 0. The van der Waals surface area contributed by atoms with Gasteiger partial charge in [0.15, 0.2) is 0 Å². The Morgan fingerprint density at radius 1 is 1.24 bits per heavy atom. The molecule has 0 aliphatic carbocycles. The first-order chi connectivity index (χ1) is 9.86. The van der Waals surface area contributed by atoms with Crippen molar-refractivity contribution in [2.45, 2.75) is 51.4 Å². The number of carbonyl (C=O) groups is 1. The van der Waals surface area contributed by atoms with Gasteiger partial charge in [-0.2, -0.15) is 13.2 Å². The van der Waals surface area contributed by atoms with Crippen LogP contribution in [0.3, 0.4) is 0 Å². The number of halogens is 3. The van der Waals surface area contributed by atoms with Crippen LogP contribution in [0.5, 0.6) is 0 Å². The number of nitrogens with zero attached hydrogens (tertiary/aromatic N) is 1. The van der Waals surface area contributed by atoms with Crippen molar-refractivity contribution in [1.29, 1.82) is 0 Å². The minimum atomic E-state index is -4.29. The molecule has 0 amide bonds. The zero-order chi connectivity index (χ0) is 15.5. The van der Waals surface area contributed by atoms with Gasteiger partial charge in [0.05, 0.1) is 5.56 Å². The summed E-state index contributed by atoms with van der Waals surface area (Å²) in [4.78, 5) is 13.5. The fourth-order valence-electron chi connectivity index (χ4n) is 2.86. The molecular weight excluding hydrogens is 279 g/mol. The summed E-state index contributed by atoms with van der Waals surface area (Å²) in [6.07, 6.45) is -0.585. The molecule has 2 rings (SSSR count). The van der Waals surface area contributed by atoms with E-state index in [0.717, 1.165) is 43.5 Å². The quantitative estimate of drug-likeness (QED) is 0.836. The van der Waals surface area contributed by atoms with Crippen LogP contribution in [0.15, 0.2) is 24.3 Å². The topological polar surface area (TPSA) is 20.3 Å². The predicted molar refractivity (Wildman–Crippen MR) is 74.8 cm³/mol. The Labute approximate surface area is 122 Å². The number of hydrogen-bond acceptors (Lipinski definition) is 2. The minimum Gasteiger partial charge on any atom is -0.300 e. The lowest BCUT2D eigenvalue weighted by Crippen LogP contribution is -2.39. The number of rotatable bonds is 4. The van der Waals surface area contributed by atoms with E-state index in [1.165, 1.54) is 12.1 Å². The van der Waals surface area contributed by atoms with E-state index >= 15 is 0 Å². The molecule has 0 aromatic heterocycles. The van der Waals surface area contributed by atoms with Crippen LogP contribution in [0.25, 0.3) is 0 Å². The van der Waals surface area contributed by atoms with Gasteiger partial charge in [-0.1, -0.05) is 18.6 Å². The predicted octanol–water partition coefficient (Wildman–Crippen LogP) is 4.04. The summed E-state index contributed by atoms with van der Waals surface area (Å²) >= 11 is 0. The standard InChI is InChI=1S/C16H20F3NO/c1-12(21)10-15-4-2-3-9-20(15)11-13-5-7-14(8-6-13)16(17,18)19/h5-8,15H,2-4,9-11H2,1H3. The second kappa shape index (κ2) is 6.60. The van der Waals surface area contributed by atoms with E-state index in [2.05, 4.69) is 4.90 Å². The van der Waals surface area contributed by atoms with E-state index in [-0.39, 0.29) is 11.8 Å². The molecule has 1 aromatic rings. The molecule has 1 fully saturated rings. The molecule has 5 heteroatoms. The number of piperidine rings is 1. The molecule has 0 N–H and O–H groups in total. The number of carbonyl (C=O) groups excluding carboxylic acids is 1. The smallest absolute Gasteiger partial charge is 0.300 e. The van der Waals surface area contributed by atoms with Crippen LogP contribution in [0.1, 0.15) is 43.7 Å². The van der Waals surface area contributed by atoms with Gasteiger partial charge in [0, 0.05) is 19.0 Å². The van der Waals surface area contributed by atoms with Gasteiger partial charge in [0.1, 0.15) is 5.78 Å². The maximum Gasteiger partial charge on any atom is 0.416 e. The highest BCUT2D eigenvalue weighted by Gasteiger charge is 2.30.